The first-order chi connectivity index (χ1) is 7.66. The molecule has 0 aromatic heterocycles. The molecule has 0 bridgehead atoms. The minimum absolute atomic E-state index is 0.487. The minimum atomic E-state index is 0.487. The molecular weight excluding hydrogens is 194 g/mol. The standard InChI is InChI=1S/C15H23N/c1-11-7-8-12(2)15(9-11)13(3)16-10-14-5-4-6-14/h7-9,13-14,16H,4-6,10H2,1-3H3. The summed E-state index contributed by atoms with van der Waals surface area (Å²) < 4.78 is 0. The van der Waals surface area contributed by atoms with Gasteiger partial charge < -0.3 is 5.32 Å². The largest absolute Gasteiger partial charge is 0.310 e. The predicted octanol–water partition coefficient (Wildman–Crippen LogP) is 3.75. The Kier molecular flexibility index (Phi) is 3.65. The van der Waals surface area contributed by atoms with E-state index in [1.54, 1.807) is 0 Å². The Labute approximate surface area is 99.3 Å². The third-order valence-corrected chi connectivity index (χ3v) is 3.84. The van der Waals surface area contributed by atoms with Crippen LogP contribution in [0.4, 0.5) is 0 Å². The molecule has 1 unspecified atom stereocenters. The number of hydrogen-bond donors (Lipinski definition) is 1. The van der Waals surface area contributed by atoms with Crippen LogP contribution in [0.2, 0.25) is 0 Å². The summed E-state index contributed by atoms with van der Waals surface area (Å²) in [6, 6.07) is 7.22. The Bertz CT molecular complexity index is 352. The lowest BCUT2D eigenvalue weighted by Gasteiger charge is -2.28. The van der Waals surface area contributed by atoms with E-state index in [-0.39, 0.29) is 0 Å². The zero-order valence-corrected chi connectivity index (χ0v) is 10.7. The van der Waals surface area contributed by atoms with Gasteiger partial charge in [-0.1, -0.05) is 30.2 Å². The summed E-state index contributed by atoms with van der Waals surface area (Å²) in [6.07, 6.45) is 4.28. The van der Waals surface area contributed by atoms with Crippen LogP contribution in [0.3, 0.4) is 0 Å². The topological polar surface area (TPSA) is 12.0 Å². The van der Waals surface area contributed by atoms with E-state index in [0.717, 1.165) is 5.92 Å². The number of nitrogens with one attached hydrogen (secondary N) is 1. The average molecular weight is 217 g/mol. The molecule has 1 aliphatic rings. The number of aryl methyl sites for hydroxylation is 2. The first-order valence-corrected chi connectivity index (χ1v) is 6.47. The summed E-state index contributed by atoms with van der Waals surface area (Å²) >= 11 is 0. The van der Waals surface area contributed by atoms with Gasteiger partial charge in [-0.25, -0.2) is 0 Å². The molecule has 16 heavy (non-hydrogen) atoms. The maximum absolute atomic E-state index is 3.67. The van der Waals surface area contributed by atoms with E-state index in [0.29, 0.717) is 6.04 Å². The molecule has 88 valence electrons. The molecule has 0 radical (unpaired) electrons. The summed E-state index contributed by atoms with van der Waals surface area (Å²) in [4.78, 5) is 0. The van der Waals surface area contributed by atoms with Gasteiger partial charge in [0.25, 0.3) is 0 Å². The molecule has 1 aromatic rings. The second-order valence-electron chi connectivity index (χ2n) is 5.29. The van der Waals surface area contributed by atoms with Gasteiger partial charge in [0.05, 0.1) is 0 Å². The molecule has 1 heteroatoms. The van der Waals surface area contributed by atoms with Crippen LogP contribution in [0.1, 0.15) is 48.9 Å². The lowest BCUT2D eigenvalue weighted by Crippen LogP contribution is -2.29. The van der Waals surface area contributed by atoms with E-state index in [9.17, 15) is 0 Å². The second kappa shape index (κ2) is 5.01. The van der Waals surface area contributed by atoms with Crippen LogP contribution in [-0.4, -0.2) is 6.54 Å². The summed E-state index contributed by atoms with van der Waals surface area (Å²) in [5, 5.41) is 3.67. The van der Waals surface area contributed by atoms with Gasteiger partial charge in [0, 0.05) is 6.04 Å². The Morgan fingerprint density at radius 3 is 2.69 bits per heavy atom. The number of rotatable bonds is 4. The smallest absolute Gasteiger partial charge is 0.0294 e. The van der Waals surface area contributed by atoms with Crippen LogP contribution in [0, 0.1) is 19.8 Å². The van der Waals surface area contributed by atoms with Crippen molar-refractivity contribution in [2.75, 3.05) is 6.54 Å². The lowest BCUT2D eigenvalue weighted by atomic mass is 9.85. The Hall–Kier alpha value is -0.820. The van der Waals surface area contributed by atoms with E-state index in [1.807, 2.05) is 0 Å². The molecule has 1 nitrogen and oxygen atoms in total. The quantitative estimate of drug-likeness (QED) is 0.810. The molecule has 0 amide bonds. The zero-order chi connectivity index (χ0) is 11.5. The van der Waals surface area contributed by atoms with Crippen LogP contribution < -0.4 is 5.32 Å². The fraction of sp³-hybridized carbons (Fsp3) is 0.600. The van der Waals surface area contributed by atoms with Crippen molar-refractivity contribution in [3.8, 4) is 0 Å². The highest BCUT2D eigenvalue weighted by Gasteiger charge is 2.18. The first kappa shape index (κ1) is 11.7. The molecule has 1 aliphatic carbocycles. The summed E-state index contributed by atoms with van der Waals surface area (Å²) in [5.41, 5.74) is 4.22. The summed E-state index contributed by atoms with van der Waals surface area (Å²) in [6.45, 7) is 7.84. The summed E-state index contributed by atoms with van der Waals surface area (Å²) in [5.74, 6) is 0.938. The van der Waals surface area contributed by atoms with Crippen LogP contribution in [0.15, 0.2) is 18.2 Å². The van der Waals surface area contributed by atoms with E-state index in [2.05, 4.69) is 44.3 Å². The van der Waals surface area contributed by atoms with Gasteiger partial charge in [0.2, 0.25) is 0 Å². The molecule has 1 saturated carbocycles. The third kappa shape index (κ3) is 2.65. The average Bonchev–Trinajstić information content (AvgIpc) is 2.19. The molecule has 0 spiro atoms. The Morgan fingerprint density at radius 1 is 1.31 bits per heavy atom. The minimum Gasteiger partial charge on any atom is -0.310 e. The van der Waals surface area contributed by atoms with E-state index in [4.69, 9.17) is 0 Å². The van der Waals surface area contributed by atoms with E-state index in [1.165, 1.54) is 42.5 Å². The van der Waals surface area contributed by atoms with Crippen molar-refractivity contribution in [2.24, 2.45) is 5.92 Å². The van der Waals surface area contributed by atoms with Crippen molar-refractivity contribution in [1.82, 2.24) is 5.32 Å². The molecule has 0 aliphatic heterocycles. The maximum atomic E-state index is 3.67. The highest BCUT2D eigenvalue weighted by molar-refractivity contribution is 5.32. The van der Waals surface area contributed by atoms with Crippen molar-refractivity contribution in [3.63, 3.8) is 0 Å². The molecule has 1 atom stereocenters. The van der Waals surface area contributed by atoms with Gasteiger partial charge in [-0.3, -0.25) is 0 Å². The molecule has 2 rings (SSSR count). The highest BCUT2D eigenvalue weighted by Crippen LogP contribution is 2.26. The van der Waals surface area contributed by atoms with Gasteiger partial charge in [-0.15, -0.1) is 0 Å². The van der Waals surface area contributed by atoms with Crippen molar-refractivity contribution in [3.05, 3.63) is 34.9 Å². The normalized spacial score (nSPS) is 18.2. The lowest BCUT2D eigenvalue weighted by molar-refractivity contribution is 0.292. The zero-order valence-electron chi connectivity index (χ0n) is 10.7. The fourth-order valence-corrected chi connectivity index (χ4v) is 2.38. The number of hydrogen-bond acceptors (Lipinski definition) is 1. The van der Waals surface area contributed by atoms with Gasteiger partial charge in [0.1, 0.15) is 0 Å². The van der Waals surface area contributed by atoms with Crippen LogP contribution in [0.5, 0.6) is 0 Å². The van der Waals surface area contributed by atoms with Crippen LogP contribution >= 0.6 is 0 Å². The van der Waals surface area contributed by atoms with Crippen molar-refractivity contribution in [2.45, 2.75) is 46.1 Å². The van der Waals surface area contributed by atoms with Crippen molar-refractivity contribution >= 4 is 0 Å². The van der Waals surface area contributed by atoms with E-state index < -0.39 is 0 Å². The van der Waals surface area contributed by atoms with Crippen LogP contribution in [-0.2, 0) is 0 Å². The number of benzene rings is 1. The van der Waals surface area contributed by atoms with Gasteiger partial charge in [-0.05, 0) is 57.2 Å². The Morgan fingerprint density at radius 2 is 2.06 bits per heavy atom. The van der Waals surface area contributed by atoms with Crippen LogP contribution in [0.25, 0.3) is 0 Å². The monoisotopic (exact) mass is 217 g/mol. The highest BCUT2D eigenvalue weighted by atomic mass is 14.9. The maximum Gasteiger partial charge on any atom is 0.0294 e. The van der Waals surface area contributed by atoms with Gasteiger partial charge in [-0.2, -0.15) is 0 Å². The predicted molar refractivity (Wildman–Crippen MR) is 69.7 cm³/mol. The first-order valence-electron chi connectivity index (χ1n) is 6.47. The van der Waals surface area contributed by atoms with Gasteiger partial charge >= 0.3 is 0 Å². The SMILES string of the molecule is Cc1ccc(C)c(C(C)NCC2CCC2)c1. The van der Waals surface area contributed by atoms with Gasteiger partial charge in [0.15, 0.2) is 0 Å². The van der Waals surface area contributed by atoms with Crippen molar-refractivity contribution in [1.29, 1.82) is 0 Å². The molecule has 1 fully saturated rings. The molecule has 0 saturated heterocycles. The fourth-order valence-electron chi connectivity index (χ4n) is 2.38. The third-order valence-electron chi connectivity index (χ3n) is 3.84. The Balaban J connectivity index is 1.95. The molecule has 1 aromatic carbocycles. The van der Waals surface area contributed by atoms with Crippen molar-refractivity contribution < 1.29 is 0 Å². The van der Waals surface area contributed by atoms with E-state index >= 15 is 0 Å². The summed E-state index contributed by atoms with van der Waals surface area (Å²) in [7, 11) is 0. The second-order valence-corrected chi connectivity index (χ2v) is 5.29. The molecule has 1 N–H and O–H groups in total. The molecular formula is C15H23N. The molecule has 0 heterocycles.